The van der Waals surface area contributed by atoms with Crippen molar-refractivity contribution in [3.63, 3.8) is 0 Å². The number of aliphatic hydroxyl groups excluding tert-OH is 1. The standard InChI is InChI=1S/C43H68ClN7O9/c1-11-34-43(44)37(51(41(55)60-43)19-14-12-13-18-50-24-32(47-48-50)30-16-15-17-31(45)21-30)29(6)46-23-25(2)22-42(7,56-10)38(27(4)35(52)28(5)39(54)58-34)59-40-36(53)33(49(8)9)20-26(3)57-40/h15-17,21,24-29,33-34,36-38,40,46,53H,11-14,18-20,22-23,45H2,1-10H3/t25-,26-,27-,28-,29-,33?,34-,36?,37-,38-,40+,42-,43-/m1/s1. The third kappa shape index (κ3) is 10.6. The summed E-state index contributed by atoms with van der Waals surface area (Å²) in [7, 11) is 5.36. The normalized spacial score (nSPS) is 36.0. The highest BCUT2D eigenvalue weighted by atomic mass is 35.5. The summed E-state index contributed by atoms with van der Waals surface area (Å²) >= 11 is 7.39. The number of aromatic nitrogens is 3. The molecule has 0 aliphatic carbocycles. The highest BCUT2D eigenvalue weighted by Gasteiger charge is 2.61. The van der Waals surface area contributed by atoms with Crippen molar-refractivity contribution in [1.82, 2.24) is 30.1 Å². The molecule has 60 heavy (non-hydrogen) atoms. The summed E-state index contributed by atoms with van der Waals surface area (Å²) in [5.41, 5.74) is 7.17. The lowest BCUT2D eigenvalue weighted by atomic mass is 9.78. The number of aryl methyl sites for hydroxylation is 1. The quantitative estimate of drug-likeness (QED) is 0.0863. The molecule has 0 spiro atoms. The number of Topliss-reactive ketones (excluding diaryl/α,β-unsaturated/α-hetero) is 1. The average Bonchev–Trinajstić information content (AvgIpc) is 3.78. The van der Waals surface area contributed by atoms with Gasteiger partial charge in [0.15, 0.2) is 18.2 Å². The number of amides is 1. The number of cyclic esters (lactones) is 1. The van der Waals surface area contributed by atoms with Crippen molar-refractivity contribution in [2.75, 3.05) is 40.0 Å². The van der Waals surface area contributed by atoms with E-state index >= 15 is 0 Å². The van der Waals surface area contributed by atoms with E-state index in [-0.39, 0.29) is 24.5 Å². The highest BCUT2D eigenvalue weighted by molar-refractivity contribution is 6.25. The molecule has 16 nitrogen and oxygen atoms in total. The SMILES string of the molecule is CC[C@H]1OC(=O)[C@H](C)C(=O)[C@@H](C)[C@@H](O[C@@H]2O[C@H](C)CC(N(C)C)C2O)[C@](C)(OC)C[C@@H](C)CN[C@H](C)[C@H]2N(CCCCCn3cc(-c4cccc(N)c4)nn3)C(=O)O[C@]12Cl. The van der Waals surface area contributed by atoms with Crippen LogP contribution in [0.3, 0.4) is 0 Å². The Bertz CT molecular complexity index is 1770. The predicted octanol–water partition coefficient (Wildman–Crippen LogP) is 4.85. The van der Waals surface area contributed by atoms with Crippen molar-refractivity contribution >= 4 is 35.1 Å². The highest BCUT2D eigenvalue weighted by Crippen LogP contribution is 2.42. The zero-order valence-electron chi connectivity index (χ0n) is 37.0. The molecule has 3 aliphatic heterocycles. The molecule has 13 atom stereocenters. The number of unbranched alkanes of at least 4 members (excludes halogenated alkanes) is 2. The summed E-state index contributed by atoms with van der Waals surface area (Å²) in [4.78, 5) is 45.6. The van der Waals surface area contributed by atoms with E-state index in [9.17, 15) is 19.5 Å². The van der Waals surface area contributed by atoms with Crippen molar-refractivity contribution in [3.8, 4) is 11.3 Å². The van der Waals surface area contributed by atoms with E-state index < -0.39 is 77.0 Å². The lowest BCUT2D eigenvalue weighted by Crippen LogP contribution is -2.59. The molecule has 4 heterocycles. The molecular weight excluding hydrogens is 794 g/mol. The second kappa shape index (κ2) is 20.2. The molecule has 17 heteroatoms. The number of ether oxygens (including phenoxy) is 5. The minimum Gasteiger partial charge on any atom is -0.456 e. The van der Waals surface area contributed by atoms with Gasteiger partial charge in [0.25, 0.3) is 0 Å². The molecule has 0 radical (unpaired) electrons. The lowest BCUT2D eigenvalue weighted by molar-refractivity contribution is -0.295. The average molecular weight is 863 g/mol. The van der Waals surface area contributed by atoms with E-state index in [0.29, 0.717) is 44.6 Å². The summed E-state index contributed by atoms with van der Waals surface area (Å²) in [5, 5.41) is 21.9. The van der Waals surface area contributed by atoms with Crippen LogP contribution in [-0.2, 0) is 39.8 Å². The number of ketones is 1. The summed E-state index contributed by atoms with van der Waals surface area (Å²) in [5.74, 6) is -3.40. The van der Waals surface area contributed by atoms with Crippen LogP contribution in [0, 0.1) is 17.8 Å². The summed E-state index contributed by atoms with van der Waals surface area (Å²) in [6.45, 7) is 14.3. The number of methoxy groups -OCH3 is 1. The van der Waals surface area contributed by atoms with Gasteiger partial charge in [0.1, 0.15) is 23.8 Å². The molecule has 0 saturated carbocycles. The summed E-state index contributed by atoms with van der Waals surface area (Å²) < 4.78 is 32.9. The Labute approximate surface area is 360 Å². The molecule has 2 unspecified atom stereocenters. The van der Waals surface area contributed by atoms with Crippen molar-refractivity contribution in [2.45, 2.75) is 153 Å². The molecule has 3 fully saturated rings. The van der Waals surface area contributed by atoms with Crippen molar-refractivity contribution in [3.05, 3.63) is 30.5 Å². The van der Waals surface area contributed by atoms with Crippen molar-refractivity contribution in [2.24, 2.45) is 17.8 Å². The number of hydrogen-bond donors (Lipinski definition) is 3. The van der Waals surface area contributed by atoms with Crippen LogP contribution in [0.1, 0.15) is 87.0 Å². The predicted molar refractivity (Wildman–Crippen MR) is 227 cm³/mol. The number of fused-ring (bicyclic) bond motifs is 1. The fourth-order valence-electron chi connectivity index (χ4n) is 9.16. The number of aliphatic hydroxyl groups is 1. The molecule has 1 aromatic carbocycles. The number of nitrogens with one attached hydrogen (secondary N) is 1. The fourth-order valence-corrected chi connectivity index (χ4v) is 9.73. The number of benzene rings is 1. The Morgan fingerprint density at radius 1 is 1.10 bits per heavy atom. The van der Waals surface area contributed by atoms with Gasteiger partial charge in [-0.25, -0.2) is 4.79 Å². The van der Waals surface area contributed by atoms with Gasteiger partial charge in [-0.3, -0.25) is 19.2 Å². The topological polar surface area (TPSA) is 193 Å². The number of esters is 1. The zero-order valence-corrected chi connectivity index (χ0v) is 37.8. The van der Waals surface area contributed by atoms with Gasteiger partial charge in [-0.15, -0.1) is 5.10 Å². The van der Waals surface area contributed by atoms with Crippen LogP contribution in [0.4, 0.5) is 10.5 Å². The molecule has 5 rings (SSSR count). The Morgan fingerprint density at radius 3 is 2.48 bits per heavy atom. The van der Waals surface area contributed by atoms with Crippen LogP contribution in [0.25, 0.3) is 11.3 Å². The van der Waals surface area contributed by atoms with E-state index in [1.54, 1.807) is 30.5 Å². The monoisotopic (exact) mass is 861 g/mol. The van der Waals surface area contributed by atoms with E-state index in [2.05, 4.69) is 22.6 Å². The first kappa shape index (κ1) is 47.7. The smallest absolute Gasteiger partial charge is 0.412 e. The molecule has 4 N–H and O–H groups in total. The number of anilines is 1. The van der Waals surface area contributed by atoms with E-state index in [1.807, 2.05) is 70.2 Å². The number of nitrogens with zero attached hydrogens (tertiary/aromatic N) is 5. The van der Waals surface area contributed by atoms with Crippen LogP contribution in [0.5, 0.6) is 0 Å². The maximum absolute atomic E-state index is 14.3. The molecular formula is C43H68ClN7O9. The summed E-state index contributed by atoms with van der Waals surface area (Å²) in [6.07, 6.45) is 0.487. The second-order valence-corrected chi connectivity index (χ2v) is 18.2. The first-order valence-electron chi connectivity index (χ1n) is 21.5. The fraction of sp³-hybridized carbons (Fsp3) is 0.744. The summed E-state index contributed by atoms with van der Waals surface area (Å²) in [6, 6.07) is 6.11. The number of carbonyl (C=O) groups excluding carboxylic acids is 3. The maximum Gasteiger partial charge on any atom is 0.412 e. The molecule has 3 saturated heterocycles. The van der Waals surface area contributed by atoms with Gasteiger partial charge in [-0.05, 0) is 105 Å². The van der Waals surface area contributed by atoms with Crippen molar-refractivity contribution < 1.29 is 43.2 Å². The number of alkyl halides is 1. The van der Waals surface area contributed by atoms with Crippen LogP contribution in [0.2, 0.25) is 0 Å². The minimum atomic E-state index is -1.75. The van der Waals surface area contributed by atoms with Gasteiger partial charge in [0.2, 0.25) is 5.06 Å². The molecule has 336 valence electrons. The molecule has 3 aliphatic rings. The number of likely N-dealkylation sites (N-methyl/N-ethyl adjacent to an activating group) is 1. The molecule has 1 aromatic heterocycles. The Kier molecular flexibility index (Phi) is 16.1. The van der Waals surface area contributed by atoms with E-state index in [1.165, 1.54) is 6.92 Å². The van der Waals surface area contributed by atoms with Gasteiger partial charge < -0.3 is 44.7 Å². The van der Waals surface area contributed by atoms with E-state index in [4.69, 9.17) is 41.0 Å². The minimum absolute atomic E-state index is 0.0494. The third-order valence-corrected chi connectivity index (χ3v) is 13.2. The van der Waals surface area contributed by atoms with Gasteiger partial charge >= 0.3 is 12.1 Å². The molecule has 0 bridgehead atoms. The van der Waals surface area contributed by atoms with Crippen molar-refractivity contribution in [1.29, 1.82) is 0 Å². The van der Waals surface area contributed by atoms with Gasteiger partial charge in [0, 0.05) is 49.5 Å². The number of rotatable bonds is 12. The lowest BCUT2D eigenvalue weighted by Gasteiger charge is -2.46. The Morgan fingerprint density at radius 2 is 1.82 bits per heavy atom. The Balaban J connectivity index is 1.35. The number of carbonyl (C=O) groups is 3. The van der Waals surface area contributed by atoms with Crippen LogP contribution >= 0.6 is 11.6 Å². The van der Waals surface area contributed by atoms with Gasteiger partial charge in [-0.1, -0.05) is 49.7 Å². The molecule has 2 aromatic rings. The zero-order chi connectivity index (χ0) is 44.1. The van der Waals surface area contributed by atoms with Gasteiger partial charge in [-0.2, -0.15) is 0 Å². The first-order valence-corrected chi connectivity index (χ1v) is 21.8. The number of hydrogen-bond acceptors (Lipinski definition) is 14. The largest absolute Gasteiger partial charge is 0.456 e. The van der Waals surface area contributed by atoms with E-state index in [0.717, 1.165) is 24.1 Å². The van der Waals surface area contributed by atoms with Gasteiger partial charge in [0.05, 0.1) is 24.0 Å². The number of nitrogen functional groups attached to an aromatic ring is 1. The molecule has 1 amide bonds. The van der Waals surface area contributed by atoms with Crippen LogP contribution in [-0.4, -0.2) is 142 Å². The number of nitrogens with two attached hydrogens (primary N) is 1. The first-order chi connectivity index (χ1) is 28.3. The third-order valence-electron chi connectivity index (χ3n) is 12.6. The number of halogens is 1. The Hall–Kier alpha value is -3.38. The second-order valence-electron chi connectivity index (χ2n) is 17.7. The maximum atomic E-state index is 14.3. The van der Waals surface area contributed by atoms with Crippen LogP contribution < -0.4 is 11.1 Å². The van der Waals surface area contributed by atoms with Crippen LogP contribution in [0.15, 0.2) is 30.5 Å².